The van der Waals surface area contributed by atoms with Crippen molar-refractivity contribution >= 4 is 11.8 Å². The fourth-order valence-corrected chi connectivity index (χ4v) is 4.93. The molecule has 0 aliphatic carbocycles. The van der Waals surface area contributed by atoms with Crippen LogP contribution < -0.4 is 5.73 Å². The lowest BCUT2D eigenvalue weighted by molar-refractivity contribution is 0.150. The third-order valence-corrected chi connectivity index (χ3v) is 6.11. The maximum Gasteiger partial charge on any atom is 0.0235 e. The molecule has 18 heavy (non-hydrogen) atoms. The highest BCUT2D eigenvalue weighted by Gasteiger charge is 2.31. The molecule has 0 aromatic rings. The Morgan fingerprint density at radius 3 is 2.61 bits per heavy atom. The Hall–Kier alpha value is 0.230. The van der Waals surface area contributed by atoms with E-state index >= 15 is 0 Å². The molecule has 0 amide bonds. The molecule has 3 rings (SSSR count). The summed E-state index contributed by atoms with van der Waals surface area (Å²) in [5, 5.41) is 0. The molecule has 0 aromatic heterocycles. The lowest BCUT2D eigenvalue weighted by Crippen LogP contribution is -2.46. The Balaban J connectivity index is 1.43. The van der Waals surface area contributed by atoms with Gasteiger partial charge < -0.3 is 10.6 Å². The van der Waals surface area contributed by atoms with E-state index < -0.39 is 0 Å². The second-order valence-electron chi connectivity index (χ2n) is 6.31. The fraction of sp³-hybridized carbons (Fsp3) is 1.00. The van der Waals surface area contributed by atoms with Crippen LogP contribution in [0.3, 0.4) is 0 Å². The summed E-state index contributed by atoms with van der Waals surface area (Å²) in [6, 6.07) is 1.29. The largest absolute Gasteiger partial charge is 0.328 e. The Morgan fingerprint density at radius 1 is 1.06 bits per heavy atom. The van der Waals surface area contributed by atoms with E-state index in [0.29, 0.717) is 6.04 Å². The van der Waals surface area contributed by atoms with Gasteiger partial charge in [0, 0.05) is 25.2 Å². The first-order chi connectivity index (χ1) is 8.81. The zero-order chi connectivity index (χ0) is 12.4. The Morgan fingerprint density at radius 2 is 1.89 bits per heavy atom. The van der Waals surface area contributed by atoms with Gasteiger partial charge in [-0.25, -0.2) is 0 Å². The highest BCUT2D eigenvalue weighted by Crippen LogP contribution is 2.26. The third-order valence-electron chi connectivity index (χ3n) is 4.88. The highest BCUT2D eigenvalue weighted by atomic mass is 32.2. The van der Waals surface area contributed by atoms with Crippen molar-refractivity contribution in [1.29, 1.82) is 0 Å². The van der Waals surface area contributed by atoms with Gasteiger partial charge in [0.1, 0.15) is 0 Å². The van der Waals surface area contributed by atoms with Crippen LogP contribution in [0.2, 0.25) is 0 Å². The van der Waals surface area contributed by atoms with Gasteiger partial charge in [-0.15, -0.1) is 0 Å². The van der Waals surface area contributed by atoms with Crippen LogP contribution in [0, 0.1) is 5.92 Å². The zero-order valence-corrected chi connectivity index (χ0v) is 12.2. The average Bonchev–Trinajstić information content (AvgIpc) is 3.02. The SMILES string of the molecule is NC1CCN(C2CCN(CC3CCSC3)C2)CC1. The van der Waals surface area contributed by atoms with Crippen molar-refractivity contribution < 1.29 is 0 Å². The van der Waals surface area contributed by atoms with E-state index in [1.807, 2.05) is 0 Å². The molecule has 3 aliphatic rings. The van der Waals surface area contributed by atoms with Crippen LogP contribution in [0.4, 0.5) is 0 Å². The van der Waals surface area contributed by atoms with E-state index in [-0.39, 0.29) is 0 Å². The Kier molecular flexibility index (Phi) is 4.50. The molecule has 2 unspecified atom stereocenters. The summed E-state index contributed by atoms with van der Waals surface area (Å²) in [6.07, 6.45) is 5.24. The van der Waals surface area contributed by atoms with Gasteiger partial charge >= 0.3 is 0 Å². The molecular weight excluding hydrogens is 242 g/mol. The maximum absolute atomic E-state index is 5.99. The smallest absolute Gasteiger partial charge is 0.0235 e. The van der Waals surface area contributed by atoms with E-state index in [1.165, 1.54) is 69.9 Å². The van der Waals surface area contributed by atoms with E-state index in [9.17, 15) is 0 Å². The van der Waals surface area contributed by atoms with Crippen LogP contribution in [-0.4, -0.2) is 66.1 Å². The molecule has 3 nitrogen and oxygen atoms in total. The highest BCUT2D eigenvalue weighted by molar-refractivity contribution is 7.99. The van der Waals surface area contributed by atoms with Crippen LogP contribution in [0.15, 0.2) is 0 Å². The summed E-state index contributed by atoms with van der Waals surface area (Å²) in [7, 11) is 0. The summed E-state index contributed by atoms with van der Waals surface area (Å²) in [4.78, 5) is 5.42. The summed E-state index contributed by atoms with van der Waals surface area (Å²) in [6.45, 7) is 6.47. The number of rotatable bonds is 3. The number of thioether (sulfide) groups is 1. The standard InChI is InChI=1S/C14H27N3S/c15-13-1-6-17(7-2-13)14-3-5-16(10-14)9-12-4-8-18-11-12/h12-14H,1-11,15H2. The van der Waals surface area contributed by atoms with Gasteiger partial charge in [-0.3, -0.25) is 4.90 Å². The molecule has 0 spiro atoms. The van der Waals surface area contributed by atoms with Gasteiger partial charge in [0.15, 0.2) is 0 Å². The molecule has 0 radical (unpaired) electrons. The second-order valence-corrected chi connectivity index (χ2v) is 7.45. The lowest BCUT2D eigenvalue weighted by atomic mass is 10.0. The number of piperidine rings is 1. The maximum atomic E-state index is 5.99. The summed E-state index contributed by atoms with van der Waals surface area (Å²) in [5.41, 5.74) is 5.99. The molecule has 3 fully saturated rings. The molecule has 104 valence electrons. The minimum Gasteiger partial charge on any atom is -0.328 e. The summed E-state index contributed by atoms with van der Waals surface area (Å²) < 4.78 is 0. The van der Waals surface area contributed by atoms with Crippen LogP contribution in [-0.2, 0) is 0 Å². The van der Waals surface area contributed by atoms with Gasteiger partial charge in [0.05, 0.1) is 0 Å². The molecule has 3 aliphatic heterocycles. The first kappa shape index (κ1) is 13.2. The normalized spacial score (nSPS) is 36.5. The van der Waals surface area contributed by atoms with Crippen LogP contribution in [0.25, 0.3) is 0 Å². The van der Waals surface area contributed by atoms with Crippen molar-refractivity contribution in [3.63, 3.8) is 0 Å². The van der Waals surface area contributed by atoms with Crippen molar-refractivity contribution in [3.8, 4) is 0 Å². The summed E-state index contributed by atoms with van der Waals surface area (Å²) >= 11 is 2.14. The zero-order valence-electron chi connectivity index (χ0n) is 11.4. The molecule has 0 saturated carbocycles. The van der Waals surface area contributed by atoms with E-state index in [4.69, 9.17) is 5.73 Å². The monoisotopic (exact) mass is 269 g/mol. The van der Waals surface area contributed by atoms with Gasteiger partial charge in [-0.1, -0.05) is 0 Å². The minimum absolute atomic E-state index is 0.467. The number of likely N-dealkylation sites (tertiary alicyclic amines) is 2. The van der Waals surface area contributed by atoms with Crippen molar-refractivity contribution in [3.05, 3.63) is 0 Å². The van der Waals surface area contributed by atoms with Crippen LogP contribution in [0.1, 0.15) is 25.7 Å². The summed E-state index contributed by atoms with van der Waals surface area (Å²) in [5.74, 6) is 3.77. The minimum atomic E-state index is 0.467. The fourth-order valence-electron chi connectivity index (χ4n) is 3.65. The van der Waals surface area contributed by atoms with Crippen molar-refractivity contribution in [2.75, 3.05) is 44.2 Å². The Bertz CT molecular complexity index is 260. The van der Waals surface area contributed by atoms with Crippen molar-refractivity contribution in [2.45, 2.75) is 37.8 Å². The van der Waals surface area contributed by atoms with E-state index in [1.54, 1.807) is 0 Å². The second kappa shape index (κ2) is 6.12. The van der Waals surface area contributed by atoms with Crippen molar-refractivity contribution in [2.24, 2.45) is 11.7 Å². The molecule has 2 atom stereocenters. The van der Waals surface area contributed by atoms with Crippen LogP contribution in [0.5, 0.6) is 0 Å². The van der Waals surface area contributed by atoms with E-state index in [0.717, 1.165) is 12.0 Å². The van der Waals surface area contributed by atoms with Gasteiger partial charge in [-0.05, 0) is 62.7 Å². The third kappa shape index (κ3) is 3.21. The van der Waals surface area contributed by atoms with Crippen LogP contribution >= 0.6 is 11.8 Å². The predicted molar refractivity (Wildman–Crippen MR) is 79.1 cm³/mol. The average molecular weight is 269 g/mol. The molecule has 0 bridgehead atoms. The number of hydrogen-bond acceptors (Lipinski definition) is 4. The molecule has 2 N–H and O–H groups in total. The molecule has 4 heteroatoms. The predicted octanol–water partition coefficient (Wildman–Crippen LogP) is 1.24. The van der Waals surface area contributed by atoms with Gasteiger partial charge in [0.25, 0.3) is 0 Å². The lowest BCUT2D eigenvalue weighted by Gasteiger charge is -2.34. The number of hydrogen-bond donors (Lipinski definition) is 1. The number of nitrogens with two attached hydrogens (primary N) is 1. The quantitative estimate of drug-likeness (QED) is 0.835. The van der Waals surface area contributed by atoms with E-state index in [2.05, 4.69) is 21.6 Å². The Labute approximate surface area is 115 Å². The molecule has 0 aromatic carbocycles. The molecular formula is C14H27N3S. The van der Waals surface area contributed by atoms with Crippen molar-refractivity contribution in [1.82, 2.24) is 9.80 Å². The van der Waals surface area contributed by atoms with Gasteiger partial charge in [-0.2, -0.15) is 11.8 Å². The van der Waals surface area contributed by atoms with Gasteiger partial charge in [0.2, 0.25) is 0 Å². The topological polar surface area (TPSA) is 32.5 Å². The molecule has 3 heterocycles. The number of nitrogens with zero attached hydrogens (tertiary/aromatic N) is 2. The first-order valence-electron chi connectivity index (χ1n) is 7.61. The first-order valence-corrected chi connectivity index (χ1v) is 8.76. The molecule has 3 saturated heterocycles.